The Morgan fingerprint density at radius 3 is 1.30 bits per heavy atom. The van der Waals surface area contributed by atoms with Gasteiger partial charge in [-0.15, -0.1) is 0 Å². The van der Waals surface area contributed by atoms with Gasteiger partial charge in [-0.25, -0.2) is 0 Å². The lowest BCUT2D eigenvalue weighted by Gasteiger charge is -2.53. The minimum Gasteiger partial charge on any atom is -0.316 e. The van der Waals surface area contributed by atoms with Gasteiger partial charge in [0.05, 0.1) is 10.8 Å². The summed E-state index contributed by atoms with van der Waals surface area (Å²) in [5.41, 5.74) is 8.99. The van der Waals surface area contributed by atoms with E-state index in [1.54, 1.807) is 0 Å². The maximum Gasteiger partial charge on any atom is 0.193 e. The van der Waals surface area contributed by atoms with E-state index in [9.17, 15) is 0 Å². The minimum atomic E-state index is -1.09. The quantitative estimate of drug-likeness (QED) is 0.0830. The van der Waals surface area contributed by atoms with Crippen LogP contribution in [0.25, 0.3) is 11.1 Å². The third-order valence-corrected chi connectivity index (χ3v) is 18.8. The van der Waals surface area contributed by atoms with E-state index in [0.717, 1.165) is 150 Å². The van der Waals surface area contributed by atoms with Crippen molar-refractivity contribution in [2.24, 2.45) is 34.5 Å². The molecule has 0 radical (unpaired) electrons. The Morgan fingerprint density at radius 2 is 0.919 bits per heavy atom. The molecule has 0 saturated carbocycles. The molecule has 6 aliphatic rings. The summed E-state index contributed by atoms with van der Waals surface area (Å²) in [5.74, 6) is -0.0346. The summed E-state index contributed by atoms with van der Waals surface area (Å²) in [7, 11) is 0. The van der Waals surface area contributed by atoms with E-state index < -0.39 is 10.8 Å². The fraction of sp³-hybridized carbons (Fsp3) is 0.478. The molecule has 4 fully saturated rings. The third kappa shape index (κ3) is 10.6. The standard InChI is InChI=1S/C67H82N4O3/c1-45-19-15-29-55(47(45)3)57-39-61(51-25-17-35-68-43-51)66(33-31-53-27-11-13-37-70-53,41-59(57)63(72)49-21-7-5-8-22-49)65(74)67(34-32-54-28-12-14-38-71-54)42-60(64(73)50-23-9-6-10-24-50)58(56-30-16-20-46(2)48(56)4)40-62(67)52-26-18-36-69-44-52/h5-10,15-16,19-24,29-30,39-42,51-54,61-62,68-71H,11-14,17-18,25-28,31-38,43-44H2,1-4H3. The Morgan fingerprint density at radius 1 is 0.486 bits per heavy atom. The highest BCUT2D eigenvalue weighted by molar-refractivity contribution is 6.22. The highest BCUT2D eigenvalue weighted by Gasteiger charge is 2.59. The van der Waals surface area contributed by atoms with Crippen LogP contribution in [0.15, 0.2) is 133 Å². The van der Waals surface area contributed by atoms with Crippen LogP contribution in [0.2, 0.25) is 0 Å². The van der Waals surface area contributed by atoms with Gasteiger partial charge in [-0.3, -0.25) is 14.4 Å². The molecule has 7 heteroatoms. The van der Waals surface area contributed by atoms with Gasteiger partial charge in [-0.1, -0.05) is 134 Å². The normalized spacial score (nSPS) is 28.5. The first kappa shape index (κ1) is 52.1. The summed E-state index contributed by atoms with van der Waals surface area (Å²) < 4.78 is 0. The maximum atomic E-state index is 18.3. The fourth-order valence-electron chi connectivity index (χ4n) is 14.3. The van der Waals surface area contributed by atoms with Crippen molar-refractivity contribution in [3.8, 4) is 0 Å². The van der Waals surface area contributed by atoms with Crippen molar-refractivity contribution in [2.45, 2.75) is 130 Å². The lowest BCUT2D eigenvalue weighted by atomic mass is 9.49. The molecule has 0 aromatic heterocycles. The van der Waals surface area contributed by atoms with Crippen LogP contribution in [0.5, 0.6) is 0 Å². The lowest BCUT2D eigenvalue weighted by molar-refractivity contribution is -0.141. The van der Waals surface area contributed by atoms with Crippen LogP contribution >= 0.6 is 0 Å². The molecule has 7 nitrogen and oxygen atoms in total. The van der Waals surface area contributed by atoms with Crippen LogP contribution in [0.1, 0.15) is 144 Å². The van der Waals surface area contributed by atoms with Gasteiger partial charge in [0, 0.05) is 34.4 Å². The van der Waals surface area contributed by atoms with Crippen molar-refractivity contribution in [3.63, 3.8) is 0 Å². The first-order valence-electron chi connectivity index (χ1n) is 28.7. The second-order valence-corrected chi connectivity index (χ2v) is 23.2. The van der Waals surface area contributed by atoms with E-state index >= 15 is 14.4 Å². The van der Waals surface area contributed by atoms with Gasteiger partial charge >= 0.3 is 0 Å². The third-order valence-electron chi connectivity index (χ3n) is 18.8. The summed E-state index contributed by atoms with van der Waals surface area (Å²) >= 11 is 0. The largest absolute Gasteiger partial charge is 0.316 e. The molecule has 74 heavy (non-hydrogen) atoms. The molecule has 0 amide bonds. The zero-order chi connectivity index (χ0) is 51.2. The summed E-state index contributed by atoms with van der Waals surface area (Å²) in [5, 5.41) is 15.4. The summed E-state index contributed by atoms with van der Waals surface area (Å²) in [6.07, 6.45) is 23.1. The summed E-state index contributed by atoms with van der Waals surface area (Å²) in [4.78, 5) is 50.0. The molecule has 8 unspecified atom stereocenters. The van der Waals surface area contributed by atoms with E-state index in [1.165, 1.54) is 11.1 Å². The smallest absolute Gasteiger partial charge is 0.193 e. The van der Waals surface area contributed by atoms with Crippen LogP contribution in [0.4, 0.5) is 0 Å². The number of piperidine rings is 4. The van der Waals surface area contributed by atoms with Gasteiger partial charge in [0.25, 0.3) is 0 Å². The average molecular weight is 991 g/mol. The molecule has 388 valence electrons. The number of nitrogens with one attached hydrogen (secondary N) is 4. The average Bonchev–Trinajstić information content (AvgIpc) is 3.51. The number of carbonyl (C=O) groups excluding carboxylic acids is 3. The predicted molar refractivity (Wildman–Crippen MR) is 303 cm³/mol. The number of hydrogen-bond donors (Lipinski definition) is 4. The van der Waals surface area contributed by atoms with Crippen molar-refractivity contribution in [2.75, 3.05) is 39.3 Å². The van der Waals surface area contributed by atoms with Crippen molar-refractivity contribution in [3.05, 3.63) is 177 Å². The van der Waals surface area contributed by atoms with E-state index in [1.807, 2.05) is 60.7 Å². The highest BCUT2D eigenvalue weighted by Crippen LogP contribution is 2.59. The molecule has 0 bridgehead atoms. The lowest BCUT2D eigenvalue weighted by Crippen LogP contribution is -2.56. The first-order chi connectivity index (χ1) is 36.1. The SMILES string of the molecule is Cc1cccc(C2=CC(C3CCCNC3)C(CCC3CCCCN3)(C(=O)C3(CCC4CCCCN4)C=C(C(=O)c4ccccc4)C(c4cccc(C)c4C)=CC3C3CCCNC3)C=C2C(=O)c2ccccc2)c1C. The summed E-state index contributed by atoms with van der Waals surface area (Å²) in [6, 6.07) is 33.0. The molecular weight excluding hydrogens is 909 g/mol. The molecule has 4 saturated heterocycles. The number of hydrogen-bond acceptors (Lipinski definition) is 7. The Kier molecular flexibility index (Phi) is 16.4. The van der Waals surface area contributed by atoms with Gasteiger partial charge in [0.2, 0.25) is 0 Å². The zero-order valence-corrected chi connectivity index (χ0v) is 44.9. The molecule has 0 spiro atoms. The van der Waals surface area contributed by atoms with Gasteiger partial charge in [0.15, 0.2) is 17.3 Å². The molecule has 2 aliphatic carbocycles. The summed E-state index contributed by atoms with van der Waals surface area (Å²) in [6.45, 7) is 14.1. The van der Waals surface area contributed by atoms with Gasteiger partial charge in [-0.05, 0) is 212 Å². The topological polar surface area (TPSA) is 99.3 Å². The molecule has 4 aliphatic heterocycles. The molecule has 4 heterocycles. The molecule has 8 atom stereocenters. The van der Waals surface area contributed by atoms with E-state index in [0.29, 0.717) is 35.1 Å². The number of carbonyl (C=O) groups is 3. The zero-order valence-electron chi connectivity index (χ0n) is 44.9. The van der Waals surface area contributed by atoms with Gasteiger partial charge in [0.1, 0.15) is 0 Å². The van der Waals surface area contributed by atoms with Gasteiger partial charge < -0.3 is 21.3 Å². The number of ketones is 3. The highest BCUT2D eigenvalue weighted by atomic mass is 16.1. The Labute approximate surface area is 442 Å². The van der Waals surface area contributed by atoms with Crippen molar-refractivity contribution in [1.29, 1.82) is 0 Å². The fourth-order valence-corrected chi connectivity index (χ4v) is 14.3. The van der Waals surface area contributed by atoms with E-state index in [-0.39, 0.29) is 53.1 Å². The van der Waals surface area contributed by atoms with Crippen LogP contribution in [-0.2, 0) is 4.79 Å². The van der Waals surface area contributed by atoms with Crippen molar-refractivity contribution < 1.29 is 14.4 Å². The minimum absolute atomic E-state index is 0.0457. The van der Waals surface area contributed by atoms with Crippen LogP contribution < -0.4 is 21.3 Å². The van der Waals surface area contributed by atoms with E-state index in [4.69, 9.17) is 0 Å². The molecule has 4 aromatic rings. The monoisotopic (exact) mass is 991 g/mol. The van der Waals surface area contributed by atoms with Crippen molar-refractivity contribution in [1.82, 2.24) is 21.3 Å². The molecule has 10 rings (SSSR count). The number of aryl methyl sites for hydroxylation is 2. The first-order valence-corrected chi connectivity index (χ1v) is 28.7. The molecule has 4 aromatic carbocycles. The van der Waals surface area contributed by atoms with Crippen molar-refractivity contribution >= 4 is 28.5 Å². The van der Waals surface area contributed by atoms with Gasteiger partial charge in [-0.2, -0.15) is 0 Å². The number of allylic oxidation sites excluding steroid dienone is 8. The Bertz CT molecular complexity index is 2590. The number of Topliss-reactive ketones (excluding diaryl/α,β-unsaturated/α-hetero) is 3. The predicted octanol–water partition coefficient (Wildman–Crippen LogP) is 12.7. The maximum absolute atomic E-state index is 18.3. The number of rotatable bonds is 16. The number of benzene rings is 4. The Balaban J connectivity index is 1.28. The molecule has 4 N–H and O–H groups in total. The van der Waals surface area contributed by atoms with Crippen LogP contribution in [-0.4, -0.2) is 68.7 Å². The molecular formula is C67H82N4O3. The second kappa shape index (κ2) is 23.3. The van der Waals surface area contributed by atoms with Crippen LogP contribution in [0.3, 0.4) is 0 Å². The second-order valence-electron chi connectivity index (χ2n) is 23.2. The van der Waals surface area contributed by atoms with Crippen LogP contribution in [0, 0.1) is 62.2 Å². The van der Waals surface area contributed by atoms with E-state index in [2.05, 4.69) is 110 Å². The Hall–Kier alpha value is -5.31.